The lowest BCUT2D eigenvalue weighted by Crippen LogP contribution is -2.46. The Balaban J connectivity index is 1.95. The second-order valence-electron chi connectivity index (χ2n) is 5.09. The summed E-state index contributed by atoms with van der Waals surface area (Å²) in [6.45, 7) is 3.18. The fourth-order valence-corrected chi connectivity index (χ4v) is 2.09. The van der Waals surface area contributed by atoms with Crippen molar-refractivity contribution in [2.24, 2.45) is 0 Å². The van der Waals surface area contributed by atoms with Crippen LogP contribution in [0.25, 0.3) is 0 Å². The monoisotopic (exact) mass is 264 g/mol. The van der Waals surface area contributed by atoms with Crippen molar-refractivity contribution in [3.05, 3.63) is 29.3 Å². The van der Waals surface area contributed by atoms with Gasteiger partial charge in [0, 0.05) is 43.9 Å². The molecule has 0 aromatic heterocycles. The summed E-state index contributed by atoms with van der Waals surface area (Å²) in [6, 6.07) is 5.15. The molecule has 19 heavy (non-hydrogen) atoms. The quantitative estimate of drug-likeness (QED) is 0.707. The van der Waals surface area contributed by atoms with E-state index >= 15 is 0 Å². The van der Waals surface area contributed by atoms with Gasteiger partial charge in [0.2, 0.25) is 0 Å². The summed E-state index contributed by atoms with van der Waals surface area (Å²) < 4.78 is 5.20. The summed E-state index contributed by atoms with van der Waals surface area (Å²) in [7, 11) is 0. The molecule has 5 heteroatoms. The number of hydrogen-bond donors (Lipinski definition) is 3. The van der Waals surface area contributed by atoms with Gasteiger partial charge in [0.1, 0.15) is 0 Å². The van der Waals surface area contributed by atoms with Crippen molar-refractivity contribution in [2.45, 2.75) is 25.4 Å². The Kier molecular flexibility index (Phi) is 4.07. The molecule has 1 aromatic rings. The Hall–Kier alpha value is -1.59. The van der Waals surface area contributed by atoms with E-state index < -0.39 is 5.60 Å². The Labute approximate surface area is 112 Å². The number of hydrogen-bond acceptors (Lipinski definition) is 4. The molecule has 104 valence electrons. The third-order valence-corrected chi connectivity index (χ3v) is 3.53. The van der Waals surface area contributed by atoms with Crippen LogP contribution in [0.2, 0.25) is 0 Å². The van der Waals surface area contributed by atoms with E-state index in [4.69, 9.17) is 10.5 Å². The molecule has 0 atom stereocenters. The Morgan fingerprint density at radius 2 is 2.16 bits per heavy atom. The van der Waals surface area contributed by atoms with Crippen LogP contribution < -0.4 is 11.1 Å². The molecule has 1 heterocycles. The number of nitrogen functional groups attached to an aromatic ring is 1. The van der Waals surface area contributed by atoms with E-state index in [1.165, 1.54) is 0 Å². The van der Waals surface area contributed by atoms with Gasteiger partial charge in [0.25, 0.3) is 5.91 Å². The van der Waals surface area contributed by atoms with Crippen LogP contribution in [0.5, 0.6) is 0 Å². The number of aryl methyl sites for hydroxylation is 1. The number of ether oxygens (including phenoxy) is 1. The molecular weight excluding hydrogens is 244 g/mol. The second-order valence-corrected chi connectivity index (χ2v) is 5.09. The summed E-state index contributed by atoms with van der Waals surface area (Å²) in [6.07, 6.45) is 1.10. The molecule has 0 bridgehead atoms. The standard InChI is InChI=1S/C14H20N2O3/c1-10-8-11(2-3-12(10)15)13(17)16-9-14(18)4-6-19-7-5-14/h2-3,8,18H,4-7,9,15H2,1H3,(H,16,17). The maximum atomic E-state index is 12.0. The minimum Gasteiger partial charge on any atom is -0.399 e. The topological polar surface area (TPSA) is 84.6 Å². The van der Waals surface area contributed by atoms with Crippen molar-refractivity contribution in [2.75, 3.05) is 25.5 Å². The number of benzene rings is 1. The highest BCUT2D eigenvalue weighted by Crippen LogP contribution is 2.19. The van der Waals surface area contributed by atoms with Gasteiger partial charge in [-0.15, -0.1) is 0 Å². The average molecular weight is 264 g/mol. The highest BCUT2D eigenvalue weighted by molar-refractivity contribution is 5.94. The Morgan fingerprint density at radius 3 is 2.79 bits per heavy atom. The molecule has 4 N–H and O–H groups in total. The first kappa shape index (κ1) is 13.8. The number of carbonyl (C=O) groups is 1. The van der Waals surface area contributed by atoms with E-state index in [2.05, 4.69) is 5.32 Å². The van der Waals surface area contributed by atoms with Gasteiger partial charge < -0.3 is 20.9 Å². The molecule has 5 nitrogen and oxygen atoms in total. The van der Waals surface area contributed by atoms with Crippen molar-refractivity contribution in [3.8, 4) is 0 Å². The van der Waals surface area contributed by atoms with Gasteiger partial charge in [0.15, 0.2) is 0 Å². The molecule has 1 aliphatic rings. The summed E-state index contributed by atoms with van der Waals surface area (Å²) in [5, 5.41) is 13.0. The molecule has 1 saturated heterocycles. The average Bonchev–Trinajstić information content (AvgIpc) is 2.40. The zero-order valence-electron chi connectivity index (χ0n) is 11.1. The van der Waals surface area contributed by atoms with Crippen LogP contribution in [0.1, 0.15) is 28.8 Å². The highest BCUT2D eigenvalue weighted by atomic mass is 16.5. The van der Waals surface area contributed by atoms with Crippen LogP contribution >= 0.6 is 0 Å². The van der Waals surface area contributed by atoms with Gasteiger partial charge in [-0.2, -0.15) is 0 Å². The van der Waals surface area contributed by atoms with E-state index in [-0.39, 0.29) is 12.5 Å². The molecule has 0 spiro atoms. The molecule has 2 rings (SSSR count). The number of nitrogens with two attached hydrogens (primary N) is 1. The minimum absolute atomic E-state index is 0.192. The molecule has 0 aliphatic carbocycles. The lowest BCUT2D eigenvalue weighted by molar-refractivity contribution is -0.0605. The molecule has 1 aromatic carbocycles. The molecule has 1 amide bonds. The molecular formula is C14H20N2O3. The van der Waals surface area contributed by atoms with Crippen molar-refractivity contribution in [1.82, 2.24) is 5.32 Å². The number of anilines is 1. The van der Waals surface area contributed by atoms with Gasteiger partial charge in [-0.1, -0.05) is 0 Å². The van der Waals surface area contributed by atoms with Crippen LogP contribution in [0, 0.1) is 6.92 Å². The van der Waals surface area contributed by atoms with Gasteiger partial charge >= 0.3 is 0 Å². The van der Waals surface area contributed by atoms with Crippen LogP contribution in [0.4, 0.5) is 5.69 Å². The highest BCUT2D eigenvalue weighted by Gasteiger charge is 2.30. The number of carbonyl (C=O) groups excluding carboxylic acids is 1. The SMILES string of the molecule is Cc1cc(C(=O)NCC2(O)CCOCC2)ccc1N. The van der Waals surface area contributed by atoms with Crippen LogP contribution in [0.15, 0.2) is 18.2 Å². The lowest BCUT2D eigenvalue weighted by Gasteiger charge is -2.32. The molecule has 0 unspecified atom stereocenters. The van der Waals surface area contributed by atoms with E-state index in [0.29, 0.717) is 37.3 Å². The van der Waals surface area contributed by atoms with Gasteiger partial charge in [-0.25, -0.2) is 0 Å². The van der Waals surface area contributed by atoms with Crippen LogP contribution in [0.3, 0.4) is 0 Å². The minimum atomic E-state index is -0.850. The molecule has 1 fully saturated rings. The smallest absolute Gasteiger partial charge is 0.251 e. The van der Waals surface area contributed by atoms with Gasteiger partial charge in [0.05, 0.1) is 5.60 Å². The van der Waals surface area contributed by atoms with E-state index in [1.54, 1.807) is 18.2 Å². The number of rotatable bonds is 3. The summed E-state index contributed by atoms with van der Waals surface area (Å²) in [5.74, 6) is -0.192. The van der Waals surface area contributed by atoms with Crippen molar-refractivity contribution >= 4 is 11.6 Å². The molecule has 1 aliphatic heterocycles. The number of amides is 1. The maximum absolute atomic E-state index is 12.0. The van der Waals surface area contributed by atoms with Crippen LogP contribution in [-0.4, -0.2) is 36.4 Å². The van der Waals surface area contributed by atoms with Crippen LogP contribution in [-0.2, 0) is 4.74 Å². The zero-order chi connectivity index (χ0) is 13.9. The normalized spacial score (nSPS) is 18.0. The van der Waals surface area contributed by atoms with Crippen molar-refractivity contribution in [3.63, 3.8) is 0 Å². The Bertz CT molecular complexity index is 468. The first-order valence-electron chi connectivity index (χ1n) is 6.45. The number of aliphatic hydroxyl groups is 1. The lowest BCUT2D eigenvalue weighted by atomic mass is 9.94. The van der Waals surface area contributed by atoms with Gasteiger partial charge in [-0.3, -0.25) is 4.79 Å². The van der Waals surface area contributed by atoms with Gasteiger partial charge in [-0.05, 0) is 30.7 Å². The van der Waals surface area contributed by atoms with Crippen molar-refractivity contribution < 1.29 is 14.6 Å². The van der Waals surface area contributed by atoms with E-state index in [0.717, 1.165) is 5.56 Å². The van der Waals surface area contributed by atoms with E-state index in [1.807, 2.05) is 6.92 Å². The predicted molar refractivity (Wildman–Crippen MR) is 72.9 cm³/mol. The zero-order valence-corrected chi connectivity index (χ0v) is 11.1. The molecule has 0 radical (unpaired) electrons. The predicted octanol–water partition coefficient (Wildman–Crippen LogP) is 0.849. The molecule has 0 saturated carbocycles. The fraction of sp³-hybridized carbons (Fsp3) is 0.500. The fourth-order valence-electron chi connectivity index (χ4n) is 2.09. The largest absolute Gasteiger partial charge is 0.399 e. The summed E-state index contributed by atoms with van der Waals surface area (Å²) >= 11 is 0. The Morgan fingerprint density at radius 1 is 1.47 bits per heavy atom. The third kappa shape index (κ3) is 3.45. The summed E-state index contributed by atoms with van der Waals surface area (Å²) in [4.78, 5) is 12.0. The first-order chi connectivity index (χ1) is 9.00. The summed E-state index contributed by atoms with van der Waals surface area (Å²) in [5.41, 5.74) is 6.96. The number of nitrogens with one attached hydrogen (secondary N) is 1. The maximum Gasteiger partial charge on any atom is 0.251 e. The van der Waals surface area contributed by atoms with Crippen molar-refractivity contribution in [1.29, 1.82) is 0 Å². The second kappa shape index (κ2) is 5.59. The third-order valence-electron chi connectivity index (χ3n) is 3.53. The first-order valence-corrected chi connectivity index (χ1v) is 6.45. The van der Waals surface area contributed by atoms with E-state index in [9.17, 15) is 9.90 Å².